The molecule has 0 fully saturated rings. The number of carboxylic acid groups (broad SMARTS) is 1. The minimum absolute atomic E-state index is 0.107. The third kappa shape index (κ3) is 33.8. The fourth-order valence-electron chi connectivity index (χ4n) is 4.77. The Morgan fingerprint density at radius 1 is 0.622 bits per heavy atom. The Balaban J connectivity index is 4.38. The number of ether oxygens (including phenoxy) is 1. The summed E-state index contributed by atoms with van der Waals surface area (Å²) in [5.41, 5.74) is 0. The van der Waals surface area contributed by atoms with Crippen LogP contribution in [0.3, 0.4) is 0 Å². The average Bonchev–Trinajstić information content (AvgIpc) is 3.02. The van der Waals surface area contributed by atoms with Gasteiger partial charge in [0, 0.05) is 12.8 Å². The van der Waals surface area contributed by atoms with E-state index >= 15 is 0 Å². The number of aliphatic carboxylic acids is 1. The molecule has 0 aliphatic heterocycles. The number of rotatable bonds is 31. The highest BCUT2D eigenvalue weighted by molar-refractivity contribution is 5.80. The maximum Gasteiger partial charge on any atom is 0.322 e. The van der Waals surface area contributed by atoms with Gasteiger partial charge in [-0.15, -0.1) is 0 Å². The summed E-state index contributed by atoms with van der Waals surface area (Å²) in [5.74, 6) is -1.35. The molecule has 0 aliphatic carbocycles. The van der Waals surface area contributed by atoms with Crippen LogP contribution in [0.2, 0.25) is 0 Å². The fourth-order valence-corrected chi connectivity index (χ4v) is 4.77. The molecule has 0 aliphatic rings. The van der Waals surface area contributed by atoms with Gasteiger partial charge in [0.1, 0.15) is 12.6 Å². The molecule has 0 aromatic carbocycles. The van der Waals surface area contributed by atoms with Crippen LogP contribution in [-0.4, -0.2) is 35.6 Å². The van der Waals surface area contributed by atoms with Gasteiger partial charge >= 0.3 is 11.9 Å². The van der Waals surface area contributed by atoms with E-state index in [0.29, 0.717) is 12.8 Å². The molecule has 0 rings (SSSR count). The summed E-state index contributed by atoms with van der Waals surface area (Å²) in [4.78, 5) is 34.8. The van der Waals surface area contributed by atoms with Crippen LogP contribution in [0, 0.1) is 0 Å². The average molecular weight is 628 g/mol. The molecule has 0 bridgehead atoms. The number of carboxylic acids is 1. The number of unbranched alkanes of at least 4 members (excludes halogenated alkanes) is 12. The second kappa shape index (κ2) is 34.0. The normalized spacial score (nSPS) is 12.8. The van der Waals surface area contributed by atoms with Crippen LogP contribution < -0.4 is 5.32 Å². The quantitative estimate of drug-likeness (QED) is 0.0453. The molecule has 1 unspecified atom stereocenters. The molecule has 45 heavy (non-hydrogen) atoms. The fraction of sp³-hybridized carbons (Fsp3) is 0.667. The van der Waals surface area contributed by atoms with E-state index in [2.05, 4.69) is 73.8 Å². The van der Waals surface area contributed by atoms with E-state index < -0.39 is 5.97 Å². The lowest BCUT2D eigenvalue weighted by molar-refractivity contribution is -0.147. The predicted molar refractivity (Wildman–Crippen MR) is 189 cm³/mol. The molecule has 0 saturated carbocycles. The Kier molecular flexibility index (Phi) is 31.8. The van der Waals surface area contributed by atoms with Gasteiger partial charge in [-0.1, -0.05) is 120 Å². The lowest BCUT2D eigenvalue weighted by atomic mass is 10.1. The van der Waals surface area contributed by atoms with Gasteiger partial charge in [-0.25, -0.2) is 0 Å². The molecule has 256 valence electrons. The minimum atomic E-state index is -1.03. The number of allylic oxidation sites excluding steroid dienone is 9. The Labute approximate surface area is 275 Å². The topological polar surface area (TPSA) is 92.7 Å². The molecule has 1 amide bonds. The van der Waals surface area contributed by atoms with Gasteiger partial charge in [0.05, 0.1) is 0 Å². The zero-order chi connectivity index (χ0) is 33.1. The van der Waals surface area contributed by atoms with Crippen molar-refractivity contribution in [3.63, 3.8) is 0 Å². The molecule has 0 spiro atoms. The number of hydrogen-bond acceptors (Lipinski definition) is 4. The lowest BCUT2D eigenvalue weighted by Gasteiger charge is -2.14. The van der Waals surface area contributed by atoms with Crippen LogP contribution in [0.4, 0.5) is 0 Å². The van der Waals surface area contributed by atoms with Gasteiger partial charge in [-0.3, -0.25) is 14.4 Å². The number of carbonyl (C=O) groups is 3. The Hall–Kier alpha value is -2.89. The molecule has 0 aromatic heterocycles. The highest BCUT2D eigenvalue weighted by Gasteiger charge is 2.11. The summed E-state index contributed by atoms with van der Waals surface area (Å²) in [7, 11) is 0. The van der Waals surface area contributed by atoms with Gasteiger partial charge < -0.3 is 15.2 Å². The van der Waals surface area contributed by atoms with E-state index in [1.54, 1.807) is 0 Å². The second-order valence-electron chi connectivity index (χ2n) is 11.7. The van der Waals surface area contributed by atoms with E-state index in [1.165, 1.54) is 44.9 Å². The van der Waals surface area contributed by atoms with Crippen LogP contribution in [-0.2, 0) is 19.1 Å². The van der Waals surface area contributed by atoms with E-state index in [1.807, 2.05) is 6.08 Å². The molecule has 6 heteroatoms. The molecule has 6 nitrogen and oxygen atoms in total. The van der Waals surface area contributed by atoms with Crippen molar-refractivity contribution in [1.82, 2.24) is 5.32 Å². The van der Waals surface area contributed by atoms with Gasteiger partial charge in [0.25, 0.3) is 0 Å². The second-order valence-corrected chi connectivity index (χ2v) is 11.7. The van der Waals surface area contributed by atoms with Crippen molar-refractivity contribution < 1.29 is 24.2 Å². The smallest absolute Gasteiger partial charge is 0.322 e. The van der Waals surface area contributed by atoms with Gasteiger partial charge in [-0.2, -0.15) is 0 Å². The molecule has 0 heterocycles. The van der Waals surface area contributed by atoms with Crippen molar-refractivity contribution in [3.05, 3.63) is 60.8 Å². The lowest BCUT2D eigenvalue weighted by Crippen LogP contribution is -2.28. The van der Waals surface area contributed by atoms with E-state index in [-0.39, 0.29) is 24.5 Å². The first kappa shape index (κ1) is 42.1. The van der Waals surface area contributed by atoms with E-state index in [4.69, 9.17) is 9.84 Å². The predicted octanol–water partition coefficient (Wildman–Crippen LogP) is 10.5. The number of amides is 1. The number of carbonyl (C=O) groups excluding carboxylic acids is 2. The Morgan fingerprint density at radius 3 is 1.78 bits per heavy atom. The summed E-state index contributed by atoms with van der Waals surface area (Å²) in [6, 6.07) is 0. The molecule has 0 radical (unpaired) electrons. The zero-order valence-electron chi connectivity index (χ0n) is 28.7. The van der Waals surface area contributed by atoms with Crippen molar-refractivity contribution >= 4 is 17.8 Å². The molecule has 0 aromatic rings. The summed E-state index contributed by atoms with van der Waals surface area (Å²) in [6.07, 6.45) is 43.5. The Bertz CT molecular complexity index is 871. The van der Waals surface area contributed by atoms with E-state index in [0.717, 1.165) is 83.5 Å². The van der Waals surface area contributed by atoms with Gasteiger partial charge in [-0.05, 0) is 83.1 Å². The van der Waals surface area contributed by atoms with Crippen molar-refractivity contribution in [1.29, 1.82) is 0 Å². The van der Waals surface area contributed by atoms with E-state index in [9.17, 15) is 14.4 Å². The first-order chi connectivity index (χ1) is 22.0. The molecule has 0 saturated heterocycles. The first-order valence-electron chi connectivity index (χ1n) is 17.9. The van der Waals surface area contributed by atoms with Crippen LogP contribution in [0.5, 0.6) is 0 Å². The van der Waals surface area contributed by atoms with Gasteiger partial charge in [0.2, 0.25) is 5.91 Å². The maximum atomic E-state index is 12.6. The summed E-state index contributed by atoms with van der Waals surface area (Å²) < 4.78 is 5.87. The largest absolute Gasteiger partial charge is 0.480 e. The molecular weight excluding hydrogens is 562 g/mol. The van der Waals surface area contributed by atoms with Crippen molar-refractivity contribution in [3.8, 4) is 0 Å². The molecule has 2 N–H and O–H groups in total. The first-order valence-corrected chi connectivity index (χ1v) is 17.9. The highest BCUT2D eigenvalue weighted by atomic mass is 16.5. The summed E-state index contributed by atoms with van der Waals surface area (Å²) in [6.45, 7) is 4.05. The van der Waals surface area contributed by atoms with Crippen LogP contribution in [0.25, 0.3) is 0 Å². The van der Waals surface area contributed by atoms with Crippen molar-refractivity contribution in [2.24, 2.45) is 0 Å². The number of hydrogen-bond donors (Lipinski definition) is 2. The monoisotopic (exact) mass is 627 g/mol. The maximum absolute atomic E-state index is 12.6. The minimum Gasteiger partial charge on any atom is -0.480 e. The number of esters is 1. The van der Waals surface area contributed by atoms with Crippen molar-refractivity contribution in [2.45, 2.75) is 161 Å². The molecule has 1 atom stereocenters. The summed E-state index contributed by atoms with van der Waals surface area (Å²) in [5, 5.41) is 11.0. The van der Waals surface area contributed by atoms with Crippen LogP contribution in [0.15, 0.2) is 60.8 Å². The molecular formula is C39H65NO5. The SMILES string of the molecule is CC/C=C\C/C=C\C/C=C\C/C=C\C(CCCCCCCC(=O)NCC(=O)O)OC(=O)CCCCCCC/C=C\CCCCC. The van der Waals surface area contributed by atoms with Crippen molar-refractivity contribution in [2.75, 3.05) is 6.54 Å². The standard InChI is InChI=1S/C39H65NO5/c1-3-5-7-9-11-13-15-17-19-21-26-30-34-39(44)45-36(31-27-23-20-18-16-14-12-10-8-6-4-2)32-28-24-22-25-29-33-37(41)40-35-38(42)43/h6,8,11-14,18,20,27,31,36H,3-5,7,9-10,15-17,19,21-26,28-30,32-35H2,1-2H3,(H,40,41)(H,42,43)/b8-6-,13-11-,14-12-,20-18-,31-27-. The van der Waals surface area contributed by atoms with Crippen LogP contribution in [0.1, 0.15) is 155 Å². The zero-order valence-corrected chi connectivity index (χ0v) is 28.7. The highest BCUT2D eigenvalue weighted by Crippen LogP contribution is 2.14. The summed E-state index contributed by atoms with van der Waals surface area (Å²) >= 11 is 0. The van der Waals surface area contributed by atoms with Crippen LogP contribution >= 0.6 is 0 Å². The van der Waals surface area contributed by atoms with Gasteiger partial charge in [0.15, 0.2) is 0 Å². The third-order valence-electron chi connectivity index (χ3n) is 7.41. The number of nitrogens with one attached hydrogen (secondary N) is 1. The third-order valence-corrected chi connectivity index (χ3v) is 7.41. The Morgan fingerprint density at radius 2 is 1.16 bits per heavy atom.